The van der Waals surface area contributed by atoms with Crippen LogP contribution in [0.1, 0.15) is 12.5 Å². The first-order valence-corrected chi connectivity index (χ1v) is 9.68. The number of halogens is 2. The van der Waals surface area contributed by atoms with Crippen LogP contribution < -0.4 is 10.6 Å². The monoisotopic (exact) mass is 482 g/mol. The maximum atomic E-state index is 13.4. The Hall–Kier alpha value is -1.36. The lowest BCUT2D eigenvalue weighted by atomic mass is 10.1. The predicted octanol–water partition coefficient (Wildman–Crippen LogP) is 2.07. The molecule has 0 aliphatic heterocycles. The fourth-order valence-electron chi connectivity index (χ4n) is 2.36. The van der Waals surface area contributed by atoms with Gasteiger partial charge in [-0.2, -0.15) is 0 Å². The molecule has 2 rings (SSSR count). The number of guanidine groups is 1. The second-order valence-electron chi connectivity index (χ2n) is 5.42. The van der Waals surface area contributed by atoms with Gasteiger partial charge in [-0.3, -0.25) is 4.99 Å². The van der Waals surface area contributed by atoms with Crippen molar-refractivity contribution in [1.82, 2.24) is 15.6 Å². The summed E-state index contributed by atoms with van der Waals surface area (Å²) in [5, 5.41) is 6.98. The fraction of sp³-hybridized carbons (Fsp3) is 0.438. The second kappa shape index (κ2) is 9.95. The standard InChI is InChI=1S/C16H23FN4O2S.HI/c1-3-24(22,23)9-8-20-16(18-2)19-7-6-12-11-21-15-5-4-13(17)10-14(12)15;/h4-5,10-11,21H,3,6-9H2,1-2H3,(H2,18,19,20);1H. The van der Waals surface area contributed by atoms with Crippen molar-refractivity contribution in [2.45, 2.75) is 13.3 Å². The molecule has 0 fully saturated rings. The van der Waals surface area contributed by atoms with Crippen LogP contribution in [0.15, 0.2) is 29.4 Å². The normalized spacial score (nSPS) is 12.0. The Morgan fingerprint density at radius 1 is 1.28 bits per heavy atom. The average molecular weight is 482 g/mol. The molecule has 0 atom stereocenters. The maximum Gasteiger partial charge on any atom is 0.191 e. The lowest BCUT2D eigenvalue weighted by Crippen LogP contribution is -2.40. The van der Waals surface area contributed by atoms with E-state index in [4.69, 9.17) is 0 Å². The Labute approximate surface area is 164 Å². The molecule has 0 saturated heterocycles. The Morgan fingerprint density at radius 2 is 2.00 bits per heavy atom. The largest absolute Gasteiger partial charge is 0.361 e. The summed E-state index contributed by atoms with van der Waals surface area (Å²) >= 11 is 0. The van der Waals surface area contributed by atoms with Gasteiger partial charge in [0.25, 0.3) is 0 Å². The summed E-state index contributed by atoms with van der Waals surface area (Å²) in [7, 11) is -1.36. The summed E-state index contributed by atoms with van der Waals surface area (Å²) in [6, 6.07) is 4.66. The molecular weight excluding hydrogens is 458 g/mol. The Bertz CT molecular complexity index is 821. The van der Waals surface area contributed by atoms with Crippen LogP contribution in [0, 0.1) is 5.82 Å². The van der Waals surface area contributed by atoms with Crippen LogP contribution in [-0.4, -0.2) is 51.0 Å². The molecular formula is C16H24FIN4O2S. The van der Waals surface area contributed by atoms with Gasteiger partial charge in [-0.25, -0.2) is 12.8 Å². The molecule has 0 aliphatic carbocycles. The molecule has 25 heavy (non-hydrogen) atoms. The molecule has 0 amide bonds. The lowest BCUT2D eigenvalue weighted by molar-refractivity contribution is 0.595. The first-order chi connectivity index (χ1) is 11.4. The van der Waals surface area contributed by atoms with Crippen molar-refractivity contribution in [3.05, 3.63) is 35.8 Å². The first kappa shape index (κ1) is 21.7. The van der Waals surface area contributed by atoms with Crippen LogP contribution in [0.25, 0.3) is 10.9 Å². The summed E-state index contributed by atoms with van der Waals surface area (Å²) in [6.07, 6.45) is 2.56. The SMILES string of the molecule is CCS(=O)(=O)CCNC(=NC)NCCc1c[nH]c2ccc(F)cc12.I. The van der Waals surface area contributed by atoms with Crippen molar-refractivity contribution < 1.29 is 12.8 Å². The highest BCUT2D eigenvalue weighted by Gasteiger charge is 2.08. The van der Waals surface area contributed by atoms with Gasteiger partial charge in [0.2, 0.25) is 0 Å². The van der Waals surface area contributed by atoms with Gasteiger partial charge in [0.15, 0.2) is 15.8 Å². The van der Waals surface area contributed by atoms with E-state index in [0.29, 0.717) is 25.5 Å². The molecule has 140 valence electrons. The predicted molar refractivity (Wildman–Crippen MR) is 111 cm³/mol. The van der Waals surface area contributed by atoms with Gasteiger partial charge in [0.1, 0.15) is 5.82 Å². The van der Waals surface area contributed by atoms with Gasteiger partial charge in [-0.05, 0) is 30.2 Å². The number of rotatable bonds is 7. The zero-order chi connectivity index (χ0) is 17.6. The minimum absolute atomic E-state index is 0. The Balaban J connectivity index is 0.00000312. The molecule has 0 spiro atoms. The number of fused-ring (bicyclic) bond motifs is 1. The quantitative estimate of drug-likeness (QED) is 0.321. The van der Waals surface area contributed by atoms with Crippen molar-refractivity contribution in [3.63, 3.8) is 0 Å². The van der Waals surface area contributed by atoms with Gasteiger partial charge in [-0.15, -0.1) is 24.0 Å². The van der Waals surface area contributed by atoms with E-state index in [9.17, 15) is 12.8 Å². The summed E-state index contributed by atoms with van der Waals surface area (Å²) in [4.78, 5) is 7.18. The topological polar surface area (TPSA) is 86.3 Å². The molecule has 1 aromatic carbocycles. The molecule has 1 heterocycles. The van der Waals surface area contributed by atoms with Gasteiger partial charge in [-0.1, -0.05) is 6.92 Å². The van der Waals surface area contributed by atoms with E-state index in [0.717, 1.165) is 16.5 Å². The molecule has 9 heteroatoms. The van der Waals surface area contributed by atoms with Crippen molar-refractivity contribution in [2.24, 2.45) is 4.99 Å². The zero-order valence-corrected chi connectivity index (χ0v) is 17.4. The van der Waals surface area contributed by atoms with Crippen LogP contribution in [0.5, 0.6) is 0 Å². The van der Waals surface area contributed by atoms with E-state index in [1.54, 1.807) is 20.0 Å². The van der Waals surface area contributed by atoms with E-state index >= 15 is 0 Å². The number of hydrogen-bond donors (Lipinski definition) is 3. The smallest absolute Gasteiger partial charge is 0.191 e. The fourth-order valence-corrected chi connectivity index (χ4v) is 3.06. The van der Waals surface area contributed by atoms with Gasteiger partial charge < -0.3 is 15.6 Å². The third-order valence-electron chi connectivity index (χ3n) is 3.79. The van der Waals surface area contributed by atoms with E-state index < -0.39 is 9.84 Å². The molecule has 6 nitrogen and oxygen atoms in total. The summed E-state index contributed by atoms with van der Waals surface area (Å²) in [5.41, 5.74) is 1.92. The highest BCUT2D eigenvalue weighted by atomic mass is 127. The number of nitrogens with one attached hydrogen (secondary N) is 3. The summed E-state index contributed by atoms with van der Waals surface area (Å²) < 4.78 is 36.3. The molecule has 1 aromatic heterocycles. The van der Waals surface area contributed by atoms with Gasteiger partial charge in [0, 0.05) is 43.0 Å². The molecule has 0 bridgehead atoms. The second-order valence-corrected chi connectivity index (χ2v) is 7.89. The van der Waals surface area contributed by atoms with Crippen LogP contribution in [-0.2, 0) is 16.3 Å². The zero-order valence-electron chi connectivity index (χ0n) is 14.3. The number of benzene rings is 1. The molecule has 0 radical (unpaired) electrons. The van der Waals surface area contributed by atoms with Crippen LogP contribution in [0.3, 0.4) is 0 Å². The van der Waals surface area contributed by atoms with Crippen LogP contribution in [0.4, 0.5) is 4.39 Å². The lowest BCUT2D eigenvalue weighted by Gasteiger charge is -2.11. The number of aliphatic imine (C=N–C) groups is 1. The van der Waals surface area contributed by atoms with Crippen LogP contribution in [0.2, 0.25) is 0 Å². The highest BCUT2D eigenvalue weighted by molar-refractivity contribution is 14.0. The summed E-state index contributed by atoms with van der Waals surface area (Å²) in [6.45, 7) is 2.55. The van der Waals surface area contributed by atoms with Gasteiger partial charge >= 0.3 is 0 Å². The van der Waals surface area contributed by atoms with Crippen molar-refractivity contribution >= 4 is 50.7 Å². The van der Waals surface area contributed by atoms with Crippen molar-refractivity contribution in [1.29, 1.82) is 0 Å². The molecule has 3 N–H and O–H groups in total. The Kier molecular flexibility index (Phi) is 8.63. The number of nitrogens with zero attached hydrogens (tertiary/aromatic N) is 1. The molecule has 0 aliphatic rings. The van der Waals surface area contributed by atoms with Gasteiger partial charge in [0.05, 0.1) is 5.75 Å². The first-order valence-electron chi connectivity index (χ1n) is 7.85. The van der Waals surface area contributed by atoms with Crippen molar-refractivity contribution in [3.8, 4) is 0 Å². The molecule has 0 unspecified atom stereocenters. The minimum Gasteiger partial charge on any atom is -0.361 e. The maximum absolute atomic E-state index is 13.4. The molecule has 2 aromatic rings. The van der Waals surface area contributed by atoms with E-state index in [1.165, 1.54) is 12.1 Å². The number of hydrogen-bond acceptors (Lipinski definition) is 3. The number of aromatic nitrogens is 1. The third kappa shape index (κ3) is 6.46. The number of H-pyrrole nitrogens is 1. The van der Waals surface area contributed by atoms with Crippen molar-refractivity contribution in [2.75, 3.05) is 31.6 Å². The minimum atomic E-state index is -2.99. The average Bonchev–Trinajstić information content (AvgIpc) is 2.95. The highest BCUT2D eigenvalue weighted by Crippen LogP contribution is 2.19. The third-order valence-corrected chi connectivity index (χ3v) is 5.49. The van der Waals surface area contributed by atoms with E-state index in [-0.39, 0.29) is 41.3 Å². The number of aromatic amines is 1. The van der Waals surface area contributed by atoms with E-state index in [2.05, 4.69) is 20.6 Å². The van der Waals surface area contributed by atoms with E-state index in [1.807, 2.05) is 6.20 Å². The summed E-state index contributed by atoms with van der Waals surface area (Å²) in [5.74, 6) is 0.502. The van der Waals surface area contributed by atoms with Crippen LogP contribution >= 0.6 is 24.0 Å². The molecule has 0 saturated carbocycles. The Morgan fingerprint density at radius 3 is 2.68 bits per heavy atom. The number of sulfone groups is 1.